The van der Waals surface area contributed by atoms with Gasteiger partial charge < -0.3 is 4.74 Å². The van der Waals surface area contributed by atoms with E-state index in [4.69, 9.17) is 10.00 Å². The van der Waals surface area contributed by atoms with Gasteiger partial charge in [0.15, 0.2) is 0 Å². The van der Waals surface area contributed by atoms with E-state index in [1.807, 2.05) is 28.7 Å². The van der Waals surface area contributed by atoms with Gasteiger partial charge in [-0.2, -0.15) is 5.26 Å². The van der Waals surface area contributed by atoms with E-state index in [0.29, 0.717) is 8.04 Å². The topological polar surface area (TPSA) is 102 Å². The van der Waals surface area contributed by atoms with Crippen molar-refractivity contribution in [2.75, 3.05) is 0 Å². The van der Waals surface area contributed by atoms with E-state index in [1.54, 1.807) is 0 Å². The van der Waals surface area contributed by atoms with Gasteiger partial charge in [-0.15, -0.1) is 0 Å². The summed E-state index contributed by atoms with van der Waals surface area (Å²) in [5, 5.41) is 19.9. The number of nitriles is 1. The lowest BCUT2D eigenvalue weighted by Gasteiger charge is -2.08. The third-order valence-electron chi connectivity index (χ3n) is 2.18. The molecule has 2 rings (SSSR count). The van der Waals surface area contributed by atoms with Crippen molar-refractivity contribution >= 4 is 44.2 Å². The van der Waals surface area contributed by atoms with Gasteiger partial charge in [-0.3, -0.25) is 10.1 Å². The van der Waals surface area contributed by atoms with E-state index in [0.717, 1.165) is 6.07 Å². The van der Waals surface area contributed by atoms with Crippen LogP contribution in [0.5, 0.6) is 11.6 Å². The van der Waals surface area contributed by atoms with Crippen LogP contribution >= 0.6 is 38.5 Å². The highest BCUT2D eigenvalue weighted by Gasteiger charge is 2.22. The number of nitro benzene ring substituents is 1. The number of nitrogens with zero attached hydrogens (tertiary/aromatic N) is 4. The summed E-state index contributed by atoms with van der Waals surface area (Å²) in [5.41, 5.74) is -0.103. The highest BCUT2D eigenvalue weighted by Crippen LogP contribution is 2.37. The maximum absolute atomic E-state index is 11.1. The van der Waals surface area contributed by atoms with Crippen LogP contribution in [0.4, 0.5) is 5.69 Å². The second-order valence-electron chi connectivity index (χ2n) is 3.45. The Labute approximate surface area is 135 Å². The highest BCUT2D eigenvalue weighted by atomic mass is 127. The summed E-state index contributed by atoms with van der Waals surface area (Å²) in [6, 6.07) is 4.52. The molecule has 0 aliphatic heterocycles. The van der Waals surface area contributed by atoms with Crippen LogP contribution in [0.2, 0.25) is 0 Å². The Morgan fingerprint density at radius 2 is 2.25 bits per heavy atom. The fraction of sp³-hybridized carbons (Fsp3) is 0. The second-order valence-corrected chi connectivity index (χ2v) is 5.47. The van der Waals surface area contributed by atoms with Gasteiger partial charge in [-0.25, -0.2) is 9.97 Å². The third-order valence-corrected chi connectivity index (χ3v) is 3.53. The van der Waals surface area contributed by atoms with Crippen LogP contribution in [-0.2, 0) is 0 Å². The predicted molar refractivity (Wildman–Crippen MR) is 80.3 cm³/mol. The Hall–Kier alpha value is -1.80. The molecule has 0 fully saturated rings. The number of aromatic nitrogens is 2. The quantitative estimate of drug-likeness (QED) is 0.406. The van der Waals surface area contributed by atoms with Crippen molar-refractivity contribution in [3.63, 3.8) is 0 Å². The summed E-state index contributed by atoms with van der Waals surface area (Å²) >= 11 is 5.06. The Bertz CT molecular complexity index is 732. The summed E-state index contributed by atoms with van der Waals surface area (Å²) in [7, 11) is 0. The summed E-state index contributed by atoms with van der Waals surface area (Å²) in [5.74, 6) is 0.194. The molecule has 0 atom stereocenters. The summed E-state index contributed by atoms with van der Waals surface area (Å²) < 4.78 is 6.39. The van der Waals surface area contributed by atoms with E-state index >= 15 is 0 Å². The molecule has 0 saturated heterocycles. The van der Waals surface area contributed by atoms with Gasteiger partial charge >= 0.3 is 5.69 Å². The molecule has 1 aromatic carbocycles. The van der Waals surface area contributed by atoms with Crippen LogP contribution in [0.25, 0.3) is 0 Å². The van der Waals surface area contributed by atoms with Crippen molar-refractivity contribution in [2.24, 2.45) is 0 Å². The maximum atomic E-state index is 11.1. The van der Waals surface area contributed by atoms with E-state index < -0.39 is 4.92 Å². The van der Waals surface area contributed by atoms with Crippen molar-refractivity contribution in [1.29, 1.82) is 5.26 Å². The number of hydrogen-bond donors (Lipinski definition) is 0. The number of halogens is 2. The lowest BCUT2D eigenvalue weighted by molar-refractivity contribution is -0.385. The molecule has 7 nitrogen and oxygen atoms in total. The molecule has 0 spiro atoms. The average molecular weight is 447 g/mol. The number of ether oxygens (including phenoxy) is 1. The summed E-state index contributed by atoms with van der Waals surface area (Å²) in [4.78, 5) is 18.1. The van der Waals surface area contributed by atoms with Gasteiger partial charge in [-0.05, 0) is 44.6 Å². The van der Waals surface area contributed by atoms with E-state index in [1.165, 1.54) is 18.6 Å². The molecule has 20 heavy (non-hydrogen) atoms. The first-order valence-corrected chi connectivity index (χ1v) is 6.91. The van der Waals surface area contributed by atoms with Gasteiger partial charge in [0.1, 0.15) is 6.33 Å². The Morgan fingerprint density at radius 1 is 1.50 bits per heavy atom. The molecule has 0 amide bonds. The zero-order chi connectivity index (χ0) is 14.7. The number of rotatable bonds is 3. The van der Waals surface area contributed by atoms with Crippen molar-refractivity contribution in [2.45, 2.75) is 0 Å². The first kappa shape index (κ1) is 14.6. The Kier molecular flexibility index (Phi) is 4.46. The molecule has 1 aromatic heterocycles. The first-order chi connectivity index (χ1) is 9.52. The normalized spacial score (nSPS) is 9.85. The van der Waals surface area contributed by atoms with E-state index in [2.05, 4.69) is 25.9 Å². The standard InChI is InChI=1S/C11H4BrIN4O3/c12-7-4-15-5-16-11(7)20-10-8(13)1-6(3-14)2-9(10)17(18)19/h1-2,4-5H. The molecule has 100 valence electrons. The molecular weight excluding hydrogens is 443 g/mol. The molecule has 0 radical (unpaired) electrons. The Morgan fingerprint density at radius 3 is 2.85 bits per heavy atom. The minimum absolute atomic E-state index is 0.0361. The molecule has 9 heteroatoms. The fourth-order valence-electron chi connectivity index (χ4n) is 1.35. The van der Waals surface area contributed by atoms with Crippen LogP contribution in [0.1, 0.15) is 5.56 Å². The van der Waals surface area contributed by atoms with E-state index in [-0.39, 0.29) is 22.9 Å². The molecule has 0 bridgehead atoms. The van der Waals surface area contributed by atoms with Gasteiger partial charge in [0.2, 0.25) is 11.6 Å². The third kappa shape index (κ3) is 3.02. The maximum Gasteiger partial charge on any atom is 0.314 e. The molecular formula is C11H4BrIN4O3. The molecule has 0 aliphatic carbocycles. The zero-order valence-corrected chi connectivity index (χ0v) is 13.3. The Balaban J connectivity index is 2.54. The zero-order valence-electron chi connectivity index (χ0n) is 9.58. The molecule has 0 N–H and O–H groups in total. The van der Waals surface area contributed by atoms with Crippen molar-refractivity contribution in [3.05, 3.63) is 48.4 Å². The molecule has 0 aliphatic rings. The van der Waals surface area contributed by atoms with Crippen LogP contribution in [0.3, 0.4) is 0 Å². The smallest absolute Gasteiger partial charge is 0.314 e. The van der Waals surface area contributed by atoms with Gasteiger partial charge in [-0.1, -0.05) is 0 Å². The SMILES string of the molecule is N#Cc1cc(I)c(Oc2ncncc2Br)c([N+](=O)[O-])c1. The molecule has 0 unspecified atom stereocenters. The monoisotopic (exact) mass is 446 g/mol. The van der Waals surface area contributed by atoms with Crippen LogP contribution in [0.15, 0.2) is 29.1 Å². The molecule has 1 heterocycles. The van der Waals surface area contributed by atoms with Gasteiger partial charge in [0.05, 0.1) is 24.6 Å². The lowest BCUT2D eigenvalue weighted by atomic mass is 10.2. The van der Waals surface area contributed by atoms with Gasteiger partial charge in [0.25, 0.3) is 0 Å². The first-order valence-electron chi connectivity index (χ1n) is 5.04. The van der Waals surface area contributed by atoms with E-state index in [9.17, 15) is 10.1 Å². The van der Waals surface area contributed by atoms with Crippen LogP contribution in [-0.4, -0.2) is 14.9 Å². The van der Waals surface area contributed by atoms with Crippen LogP contribution in [0, 0.1) is 25.0 Å². The summed E-state index contributed by atoms with van der Waals surface area (Å²) in [6.45, 7) is 0. The lowest BCUT2D eigenvalue weighted by Crippen LogP contribution is -1.98. The van der Waals surface area contributed by atoms with Crippen molar-refractivity contribution in [1.82, 2.24) is 9.97 Å². The summed E-state index contributed by atoms with van der Waals surface area (Å²) in [6.07, 6.45) is 2.73. The van der Waals surface area contributed by atoms with Crippen LogP contribution < -0.4 is 4.74 Å². The second kappa shape index (κ2) is 6.10. The minimum Gasteiger partial charge on any atom is -0.429 e. The molecule has 2 aromatic rings. The average Bonchev–Trinajstić information content (AvgIpc) is 2.42. The largest absolute Gasteiger partial charge is 0.429 e. The minimum atomic E-state index is -0.604. The highest BCUT2D eigenvalue weighted by molar-refractivity contribution is 14.1. The number of benzene rings is 1. The molecule has 0 saturated carbocycles. The van der Waals surface area contributed by atoms with Gasteiger partial charge in [0, 0.05) is 12.3 Å². The van der Waals surface area contributed by atoms with Crippen molar-refractivity contribution in [3.8, 4) is 17.7 Å². The fourth-order valence-corrected chi connectivity index (χ4v) is 2.38. The number of nitro groups is 1. The predicted octanol–water partition coefficient (Wildman–Crippen LogP) is 3.42. The van der Waals surface area contributed by atoms with Crippen molar-refractivity contribution < 1.29 is 9.66 Å². The number of hydrogen-bond acceptors (Lipinski definition) is 6.